The van der Waals surface area contributed by atoms with E-state index < -0.39 is 17.0 Å². The maximum Gasteiger partial charge on any atom is 0.416 e. The molecule has 0 radical (unpaired) electrons. The van der Waals surface area contributed by atoms with Crippen molar-refractivity contribution in [1.29, 1.82) is 0 Å². The first-order valence-corrected chi connectivity index (χ1v) is 8.31. The average molecular weight is 353 g/mol. The number of aryl methyl sites for hydroxylation is 1. The largest absolute Gasteiger partial charge is 0.416 e. The number of hydrogen-bond acceptors (Lipinski definition) is 2. The van der Waals surface area contributed by atoms with E-state index in [1.807, 2.05) is 31.2 Å². The molecule has 0 saturated heterocycles. The van der Waals surface area contributed by atoms with Gasteiger partial charge in [-0.05, 0) is 37.6 Å². The molecule has 0 bridgehead atoms. The summed E-state index contributed by atoms with van der Waals surface area (Å²) in [5.41, 5.74) is 1.41. The molecule has 0 aliphatic carbocycles. The van der Waals surface area contributed by atoms with Crippen LogP contribution in [0.4, 0.5) is 13.2 Å². The summed E-state index contributed by atoms with van der Waals surface area (Å²) < 4.78 is 38.1. The molecule has 2 nitrogen and oxygen atoms in total. The molecule has 0 aromatic heterocycles. The number of amides is 1. The third kappa shape index (κ3) is 5.30. The first-order chi connectivity index (χ1) is 11.3. The van der Waals surface area contributed by atoms with Gasteiger partial charge in [-0.2, -0.15) is 13.2 Å². The van der Waals surface area contributed by atoms with Crippen LogP contribution < -0.4 is 5.32 Å². The van der Waals surface area contributed by atoms with Gasteiger partial charge in [-0.1, -0.05) is 35.9 Å². The molecule has 0 aliphatic rings. The molecule has 2 rings (SSSR count). The van der Waals surface area contributed by atoms with E-state index in [2.05, 4.69) is 5.32 Å². The quantitative estimate of drug-likeness (QED) is 0.782. The molecule has 2 aromatic rings. The molecule has 128 valence electrons. The van der Waals surface area contributed by atoms with E-state index >= 15 is 0 Å². The Hall–Kier alpha value is -1.95. The smallest absolute Gasteiger partial charge is 0.351 e. The number of thioether (sulfide) groups is 1. The lowest BCUT2D eigenvalue weighted by Gasteiger charge is -2.13. The number of halogens is 3. The fourth-order valence-electron chi connectivity index (χ4n) is 2.04. The number of benzene rings is 2. The summed E-state index contributed by atoms with van der Waals surface area (Å²) in [6, 6.07) is 12.8. The lowest BCUT2D eigenvalue weighted by atomic mass is 10.1. The summed E-state index contributed by atoms with van der Waals surface area (Å²) in [5, 5.41) is 2.31. The van der Waals surface area contributed by atoms with Gasteiger partial charge in [-0.15, -0.1) is 11.8 Å². The van der Waals surface area contributed by atoms with Crippen molar-refractivity contribution in [2.75, 3.05) is 0 Å². The van der Waals surface area contributed by atoms with Crippen LogP contribution in [-0.4, -0.2) is 11.2 Å². The highest BCUT2D eigenvalue weighted by Gasteiger charge is 2.30. The summed E-state index contributed by atoms with van der Waals surface area (Å²) >= 11 is 1.11. The van der Waals surface area contributed by atoms with Crippen LogP contribution in [0.2, 0.25) is 0 Å². The number of nitrogens with one attached hydrogen (secondary N) is 1. The molecule has 24 heavy (non-hydrogen) atoms. The van der Waals surface area contributed by atoms with Gasteiger partial charge in [0.15, 0.2) is 0 Å². The molecule has 1 N–H and O–H groups in total. The topological polar surface area (TPSA) is 29.1 Å². The predicted molar refractivity (Wildman–Crippen MR) is 89.8 cm³/mol. The molecule has 1 atom stereocenters. The Bertz CT molecular complexity index is 698. The molecule has 0 spiro atoms. The third-order valence-electron chi connectivity index (χ3n) is 3.43. The van der Waals surface area contributed by atoms with Gasteiger partial charge in [0.25, 0.3) is 0 Å². The van der Waals surface area contributed by atoms with E-state index in [0.717, 1.165) is 35.0 Å². The summed E-state index contributed by atoms with van der Waals surface area (Å²) in [4.78, 5) is 12.5. The zero-order valence-electron chi connectivity index (χ0n) is 13.4. The second-order valence-corrected chi connectivity index (χ2v) is 6.90. The lowest BCUT2D eigenvalue weighted by molar-refractivity contribution is -0.137. The van der Waals surface area contributed by atoms with Gasteiger partial charge in [0, 0.05) is 11.4 Å². The minimum atomic E-state index is -4.38. The molecule has 0 saturated carbocycles. The van der Waals surface area contributed by atoms with Gasteiger partial charge in [0.2, 0.25) is 5.91 Å². The molecule has 0 fully saturated rings. The lowest BCUT2D eigenvalue weighted by Crippen LogP contribution is -2.30. The SMILES string of the molecule is Cc1ccc(CNC(=O)[C@H](C)Sc2cccc(C(F)(F)F)c2)cc1. The summed E-state index contributed by atoms with van der Waals surface area (Å²) in [6.07, 6.45) is -4.38. The highest BCUT2D eigenvalue weighted by molar-refractivity contribution is 8.00. The molecule has 0 heterocycles. The van der Waals surface area contributed by atoms with Gasteiger partial charge in [-0.25, -0.2) is 0 Å². The average Bonchev–Trinajstić information content (AvgIpc) is 2.53. The van der Waals surface area contributed by atoms with Crippen LogP contribution in [-0.2, 0) is 17.5 Å². The van der Waals surface area contributed by atoms with Crippen molar-refractivity contribution >= 4 is 17.7 Å². The first-order valence-electron chi connectivity index (χ1n) is 7.43. The van der Waals surface area contributed by atoms with Crippen LogP contribution in [0.5, 0.6) is 0 Å². The van der Waals surface area contributed by atoms with Crippen molar-refractivity contribution in [2.45, 2.75) is 36.7 Å². The molecular weight excluding hydrogens is 335 g/mol. The van der Waals surface area contributed by atoms with Crippen molar-refractivity contribution in [1.82, 2.24) is 5.32 Å². The Labute approximate surface area is 143 Å². The second-order valence-electron chi connectivity index (χ2n) is 5.49. The maximum atomic E-state index is 12.7. The van der Waals surface area contributed by atoms with Crippen molar-refractivity contribution in [3.05, 3.63) is 65.2 Å². The van der Waals surface area contributed by atoms with Gasteiger partial charge in [0.1, 0.15) is 0 Å². The molecule has 1 amide bonds. The fourth-order valence-corrected chi connectivity index (χ4v) is 2.99. The first kappa shape index (κ1) is 18.4. The zero-order valence-corrected chi connectivity index (χ0v) is 14.2. The Balaban J connectivity index is 1.93. The van der Waals surface area contributed by atoms with Crippen LogP contribution in [0.1, 0.15) is 23.6 Å². The number of hydrogen-bond donors (Lipinski definition) is 1. The number of rotatable bonds is 5. The van der Waals surface area contributed by atoms with Crippen molar-refractivity contribution in [2.24, 2.45) is 0 Å². The van der Waals surface area contributed by atoms with E-state index in [1.54, 1.807) is 13.0 Å². The molecule has 6 heteroatoms. The minimum Gasteiger partial charge on any atom is -0.351 e. The molecule has 0 aliphatic heterocycles. The third-order valence-corrected chi connectivity index (χ3v) is 4.52. The van der Waals surface area contributed by atoms with Gasteiger partial charge in [-0.3, -0.25) is 4.79 Å². The molecular formula is C18H18F3NOS. The van der Waals surface area contributed by atoms with E-state index in [4.69, 9.17) is 0 Å². The second kappa shape index (κ2) is 7.75. The van der Waals surface area contributed by atoms with E-state index in [9.17, 15) is 18.0 Å². The van der Waals surface area contributed by atoms with Crippen molar-refractivity contribution < 1.29 is 18.0 Å². The van der Waals surface area contributed by atoms with Gasteiger partial charge in [0.05, 0.1) is 10.8 Å². The Morgan fingerprint density at radius 2 is 1.83 bits per heavy atom. The monoisotopic (exact) mass is 353 g/mol. The summed E-state index contributed by atoms with van der Waals surface area (Å²) in [6.45, 7) is 4.05. The highest BCUT2D eigenvalue weighted by Crippen LogP contribution is 2.33. The van der Waals surface area contributed by atoms with Crippen LogP contribution in [0.15, 0.2) is 53.4 Å². The Kier molecular flexibility index (Phi) is 5.94. The molecule has 2 aromatic carbocycles. The highest BCUT2D eigenvalue weighted by atomic mass is 32.2. The van der Waals surface area contributed by atoms with Gasteiger partial charge >= 0.3 is 6.18 Å². The van der Waals surface area contributed by atoms with Crippen LogP contribution >= 0.6 is 11.8 Å². The van der Waals surface area contributed by atoms with E-state index in [1.165, 1.54) is 6.07 Å². The minimum absolute atomic E-state index is 0.210. The van der Waals surface area contributed by atoms with E-state index in [-0.39, 0.29) is 5.91 Å². The van der Waals surface area contributed by atoms with E-state index in [0.29, 0.717) is 11.4 Å². The number of carbonyl (C=O) groups is 1. The summed E-state index contributed by atoms with van der Waals surface area (Å²) in [5.74, 6) is -0.210. The van der Waals surface area contributed by atoms with Crippen LogP contribution in [0.25, 0.3) is 0 Å². The standard InChI is InChI=1S/C18H18F3NOS/c1-12-6-8-14(9-7-12)11-22-17(23)13(2)24-16-5-3-4-15(10-16)18(19,20)21/h3-10,13H,11H2,1-2H3,(H,22,23)/t13-/m0/s1. The maximum absolute atomic E-state index is 12.7. The van der Waals surface area contributed by atoms with Gasteiger partial charge < -0.3 is 5.32 Å². The van der Waals surface area contributed by atoms with Crippen LogP contribution in [0.3, 0.4) is 0 Å². The normalized spacial score (nSPS) is 12.7. The van der Waals surface area contributed by atoms with Crippen molar-refractivity contribution in [3.63, 3.8) is 0 Å². The Morgan fingerprint density at radius 1 is 1.17 bits per heavy atom. The summed E-state index contributed by atoms with van der Waals surface area (Å²) in [7, 11) is 0. The Morgan fingerprint density at radius 3 is 2.46 bits per heavy atom. The number of carbonyl (C=O) groups excluding carboxylic acids is 1. The fraction of sp³-hybridized carbons (Fsp3) is 0.278. The predicted octanol–water partition coefficient (Wildman–Crippen LogP) is 4.81. The van der Waals surface area contributed by atoms with Crippen molar-refractivity contribution in [3.8, 4) is 0 Å². The molecule has 0 unspecified atom stereocenters. The zero-order chi connectivity index (χ0) is 17.7. The van der Waals surface area contributed by atoms with Crippen LogP contribution in [0, 0.1) is 6.92 Å². The number of alkyl halides is 3.